The summed E-state index contributed by atoms with van der Waals surface area (Å²) in [6.07, 6.45) is -1.34. The number of alkyl halides is 3. The zero-order valence-electron chi connectivity index (χ0n) is 7.17. The number of hydrogen-bond donors (Lipinski definition) is 1. The van der Waals surface area contributed by atoms with Gasteiger partial charge in [0.15, 0.2) is 0 Å². The van der Waals surface area contributed by atoms with Crippen molar-refractivity contribution in [2.75, 3.05) is 7.05 Å². The molecular weight excluding hydrogens is 167 g/mol. The van der Waals surface area contributed by atoms with Crippen LogP contribution in [0.1, 0.15) is 32.1 Å². The second kappa shape index (κ2) is 3.24. The van der Waals surface area contributed by atoms with Crippen molar-refractivity contribution in [1.29, 1.82) is 0 Å². The Kier molecular flexibility index (Phi) is 2.66. The third-order valence-corrected chi connectivity index (χ3v) is 2.73. The molecule has 1 saturated carbocycles. The van der Waals surface area contributed by atoms with E-state index < -0.39 is 11.7 Å². The summed E-state index contributed by atoms with van der Waals surface area (Å²) < 4.78 is 37.6. The lowest BCUT2D eigenvalue weighted by atomic mass is 9.81. The molecule has 0 saturated heterocycles. The summed E-state index contributed by atoms with van der Waals surface area (Å²) >= 11 is 0. The van der Waals surface area contributed by atoms with Crippen molar-refractivity contribution >= 4 is 0 Å². The van der Waals surface area contributed by atoms with Gasteiger partial charge in [-0.1, -0.05) is 19.3 Å². The largest absolute Gasteiger partial charge is 0.406 e. The Morgan fingerprint density at radius 1 is 1.08 bits per heavy atom. The Hall–Kier alpha value is -0.250. The molecule has 0 aromatic heterocycles. The van der Waals surface area contributed by atoms with Crippen molar-refractivity contribution in [3.05, 3.63) is 0 Å². The van der Waals surface area contributed by atoms with E-state index in [0.717, 1.165) is 6.42 Å². The van der Waals surface area contributed by atoms with E-state index >= 15 is 0 Å². The first-order chi connectivity index (χ1) is 5.52. The van der Waals surface area contributed by atoms with Gasteiger partial charge in [-0.15, -0.1) is 0 Å². The van der Waals surface area contributed by atoms with Gasteiger partial charge in [0, 0.05) is 0 Å². The number of hydrogen-bond acceptors (Lipinski definition) is 1. The van der Waals surface area contributed by atoms with Crippen LogP contribution in [-0.2, 0) is 0 Å². The molecule has 0 spiro atoms. The van der Waals surface area contributed by atoms with E-state index in [1.54, 1.807) is 0 Å². The topological polar surface area (TPSA) is 12.0 Å². The average molecular weight is 181 g/mol. The Bertz CT molecular complexity index is 147. The van der Waals surface area contributed by atoms with Crippen LogP contribution in [-0.4, -0.2) is 18.8 Å². The lowest BCUT2D eigenvalue weighted by Gasteiger charge is -2.38. The second-order valence-electron chi connectivity index (χ2n) is 3.39. The van der Waals surface area contributed by atoms with Crippen LogP contribution >= 0.6 is 0 Å². The van der Waals surface area contributed by atoms with Crippen LogP contribution in [0, 0.1) is 0 Å². The Morgan fingerprint density at radius 3 is 1.83 bits per heavy atom. The third-order valence-electron chi connectivity index (χ3n) is 2.73. The van der Waals surface area contributed by atoms with Crippen LogP contribution in [0.4, 0.5) is 13.2 Å². The molecule has 0 aromatic rings. The maximum atomic E-state index is 12.5. The first-order valence-electron chi connectivity index (χ1n) is 4.27. The van der Waals surface area contributed by atoms with Crippen molar-refractivity contribution in [1.82, 2.24) is 5.32 Å². The summed E-state index contributed by atoms with van der Waals surface area (Å²) in [6, 6.07) is 0. The highest BCUT2D eigenvalue weighted by Crippen LogP contribution is 2.40. The van der Waals surface area contributed by atoms with Crippen LogP contribution < -0.4 is 5.32 Å². The van der Waals surface area contributed by atoms with Crippen molar-refractivity contribution in [3.8, 4) is 0 Å². The van der Waals surface area contributed by atoms with Crippen LogP contribution in [0.2, 0.25) is 0 Å². The van der Waals surface area contributed by atoms with Crippen molar-refractivity contribution in [3.63, 3.8) is 0 Å². The zero-order valence-corrected chi connectivity index (χ0v) is 7.17. The molecular formula is C8H14F3N. The Morgan fingerprint density at radius 2 is 1.58 bits per heavy atom. The third kappa shape index (κ3) is 1.58. The van der Waals surface area contributed by atoms with Gasteiger partial charge in [0.25, 0.3) is 0 Å². The van der Waals surface area contributed by atoms with Gasteiger partial charge in [0.1, 0.15) is 5.54 Å². The Labute approximate surface area is 70.3 Å². The minimum absolute atomic E-state index is 0.229. The smallest absolute Gasteiger partial charge is 0.307 e. The predicted octanol–water partition coefficient (Wildman–Crippen LogP) is 2.47. The SMILES string of the molecule is CNC1(C(F)(F)F)CCCCC1. The predicted molar refractivity (Wildman–Crippen MR) is 40.9 cm³/mol. The molecule has 0 atom stereocenters. The van der Waals surface area contributed by atoms with Gasteiger partial charge in [-0.05, 0) is 19.9 Å². The second-order valence-corrected chi connectivity index (χ2v) is 3.39. The highest BCUT2D eigenvalue weighted by molar-refractivity contribution is 4.95. The average Bonchev–Trinajstić information content (AvgIpc) is 2.04. The normalized spacial score (nSPS) is 24.0. The monoisotopic (exact) mass is 181 g/mol. The van der Waals surface area contributed by atoms with E-state index in [1.165, 1.54) is 7.05 Å². The van der Waals surface area contributed by atoms with Crippen LogP contribution in [0.3, 0.4) is 0 Å². The first-order valence-corrected chi connectivity index (χ1v) is 4.27. The molecule has 72 valence electrons. The summed E-state index contributed by atoms with van der Waals surface area (Å²) in [5.74, 6) is 0. The number of halogens is 3. The molecule has 12 heavy (non-hydrogen) atoms. The molecule has 1 N–H and O–H groups in total. The quantitative estimate of drug-likeness (QED) is 0.655. The van der Waals surface area contributed by atoms with E-state index in [9.17, 15) is 13.2 Å². The van der Waals surface area contributed by atoms with Crippen LogP contribution in [0.5, 0.6) is 0 Å². The van der Waals surface area contributed by atoms with E-state index in [4.69, 9.17) is 0 Å². The van der Waals surface area contributed by atoms with E-state index in [2.05, 4.69) is 5.32 Å². The maximum Gasteiger partial charge on any atom is 0.406 e. The first kappa shape index (κ1) is 9.84. The zero-order chi connectivity index (χ0) is 9.24. The van der Waals surface area contributed by atoms with E-state index in [0.29, 0.717) is 12.8 Å². The van der Waals surface area contributed by atoms with Gasteiger partial charge in [-0.2, -0.15) is 13.2 Å². The standard InChI is InChI=1S/C8H14F3N/c1-12-7(8(9,10)11)5-3-2-4-6-7/h12H,2-6H2,1H3. The highest BCUT2D eigenvalue weighted by atomic mass is 19.4. The molecule has 0 heterocycles. The summed E-state index contributed by atoms with van der Waals surface area (Å²) in [6.45, 7) is 0. The lowest BCUT2D eigenvalue weighted by molar-refractivity contribution is -0.203. The van der Waals surface area contributed by atoms with Crippen LogP contribution in [0.15, 0.2) is 0 Å². The summed E-state index contributed by atoms with van der Waals surface area (Å²) in [7, 11) is 1.40. The highest BCUT2D eigenvalue weighted by Gasteiger charge is 2.53. The maximum absolute atomic E-state index is 12.5. The molecule has 0 aliphatic heterocycles. The van der Waals surface area contributed by atoms with Gasteiger partial charge in [0.2, 0.25) is 0 Å². The molecule has 0 aromatic carbocycles. The van der Waals surface area contributed by atoms with Crippen LogP contribution in [0.25, 0.3) is 0 Å². The molecule has 0 radical (unpaired) electrons. The molecule has 1 aliphatic rings. The fourth-order valence-electron chi connectivity index (χ4n) is 1.83. The molecule has 0 unspecified atom stereocenters. The summed E-state index contributed by atoms with van der Waals surface area (Å²) in [4.78, 5) is 0. The van der Waals surface area contributed by atoms with Crippen molar-refractivity contribution in [2.24, 2.45) is 0 Å². The molecule has 1 nitrogen and oxygen atoms in total. The van der Waals surface area contributed by atoms with E-state index in [-0.39, 0.29) is 12.8 Å². The lowest BCUT2D eigenvalue weighted by Crippen LogP contribution is -2.56. The fraction of sp³-hybridized carbons (Fsp3) is 1.00. The Balaban J connectivity index is 2.73. The summed E-state index contributed by atoms with van der Waals surface area (Å²) in [5, 5.41) is 2.43. The molecule has 1 fully saturated rings. The van der Waals surface area contributed by atoms with E-state index in [1.807, 2.05) is 0 Å². The summed E-state index contributed by atoms with van der Waals surface area (Å²) in [5.41, 5.74) is -1.59. The van der Waals surface area contributed by atoms with Gasteiger partial charge in [0.05, 0.1) is 0 Å². The minimum atomic E-state index is -4.10. The van der Waals surface area contributed by atoms with Gasteiger partial charge >= 0.3 is 6.18 Å². The van der Waals surface area contributed by atoms with Crippen molar-refractivity contribution < 1.29 is 13.2 Å². The number of nitrogens with one attached hydrogen (secondary N) is 1. The van der Waals surface area contributed by atoms with Gasteiger partial charge < -0.3 is 5.32 Å². The molecule has 1 aliphatic carbocycles. The van der Waals surface area contributed by atoms with Gasteiger partial charge in [-0.3, -0.25) is 0 Å². The molecule has 4 heteroatoms. The van der Waals surface area contributed by atoms with Crippen molar-refractivity contribution in [2.45, 2.75) is 43.8 Å². The molecule has 0 bridgehead atoms. The fourth-order valence-corrected chi connectivity index (χ4v) is 1.83. The van der Waals surface area contributed by atoms with Gasteiger partial charge in [-0.25, -0.2) is 0 Å². The molecule has 0 amide bonds. The minimum Gasteiger partial charge on any atom is -0.307 e. The molecule has 1 rings (SSSR count). The number of rotatable bonds is 1.